The summed E-state index contributed by atoms with van der Waals surface area (Å²) in [4.78, 5) is 11.4. The number of nitrogens with one attached hydrogen (secondary N) is 1. The highest BCUT2D eigenvalue weighted by atomic mass is 15.2. The molecule has 3 aromatic rings. The first-order valence-corrected chi connectivity index (χ1v) is 10.9. The van der Waals surface area contributed by atoms with Crippen LogP contribution in [0.3, 0.4) is 0 Å². The molecule has 1 fully saturated rings. The Morgan fingerprint density at radius 2 is 2.00 bits per heavy atom. The number of hydrogen-bond donors (Lipinski definition) is 1. The molecule has 0 bridgehead atoms. The van der Waals surface area contributed by atoms with E-state index in [2.05, 4.69) is 58.4 Å². The Kier molecular flexibility index (Phi) is 3.90. The SMILES string of the molecule is C1=C(c2nccc3c2[nH]c2ccccc23)[C@H]2[C@@H](CC1)C[C@@H]1/C=C\CCCCN12. The lowest BCUT2D eigenvalue weighted by Crippen LogP contribution is -2.40. The number of para-hydroxylation sites is 1. The molecule has 3 nitrogen and oxygen atoms in total. The standard InChI is InChI=1S/C25H27N3/c1-2-6-15-28-18(9-3-1)16-17-8-7-11-21(25(17)28)23-24-20(13-14-26-23)19-10-4-5-12-22(19)27-24/h3-5,9-14,17-18,25,27H,1-2,6-8,15-16H2/b9-3-/t17-,18-,25+/m0/s1. The van der Waals surface area contributed by atoms with Crippen molar-refractivity contribution in [2.45, 2.75) is 50.6 Å². The van der Waals surface area contributed by atoms with E-state index in [4.69, 9.17) is 4.98 Å². The van der Waals surface area contributed by atoms with Gasteiger partial charge in [0.2, 0.25) is 0 Å². The number of hydrogen-bond acceptors (Lipinski definition) is 2. The van der Waals surface area contributed by atoms with Gasteiger partial charge in [-0.1, -0.05) is 36.4 Å². The van der Waals surface area contributed by atoms with Crippen LogP contribution < -0.4 is 0 Å². The summed E-state index contributed by atoms with van der Waals surface area (Å²) < 4.78 is 0. The predicted molar refractivity (Wildman–Crippen MR) is 116 cm³/mol. The van der Waals surface area contributed by atoms with Crippen LogP contribution in [0.15, 0.2) is 54.8 Å². The Balaban J connectivity index is 1.49. The average molecular weight is 370 g/mol. The Morgan fingerprint density at radius 1 is 1.04 bits per heavy atom. The van der Waals surface area contributed by atoms with Crippen LogP contribution in [-0.2, 0) is 0 Å². The first-order chi connectivity index (χ1) is 13.9. The fourth-order valence-electron chi connectivity index (χ4n) is 5.87. The summed E-state index contributed by atoms with van der Waals surface area (Å²) in [5.74, 6) is 0.759. The van der Waals surface area contributed by atoms with Gasteiger partial charge in [-0.05, 0) is 68.7 Å². The van der Waals surface area contributed by atoms with Crippen molar-refractivity contribution in [1.82, 2.24) is 14.9 Å². The van der Waals surface area contributed by atoms with Gasteiger partial charge in [0.1, 0.15) is 0 Å². The topological polar surface area (TPSA) is 31.9 Å². The van der Waals surface area contributed by atoms with Gasteiger partial charge in [-0.15, -0.1) is 0 Å². The summed E-state index contributed by atoms with van der Waals surface area (Å²) in [5.41, 5.74) is 5.06. The average Bonchev–Trinajstić information content (AvgIpc) is 3.25. The van der Waals surface area contributed by atoms with Gasteiger partial charge >= 0.3 is 0 Å². The highest BCUT2D eigenvalue weighted by Crippen LogP contribution is 2.45. The number of nitrogens with zero attached hydrogens (tertiary/aromatic N) is 2. The molecular weight excluding hydrogens is 342 g/mol. The molecule has 2 aromatic heterocycles. The van der Waals surface area contributed by atoms with Gasteiger partial charge in [0, 0.05) is 34.6 Å². The van der Waals surface area contributed by atoms with E-state index in [9.17, 15) is 0 Å². The Labute approximate surface area is 166 Å². The van der Waals surface area contributed by atoms with Crippen LogP contribution in [0.25, 0.3) is 27.4 Å². The maximum absolute atomic E-state index is 4.92. The molecule has 1 saturated heterocycles. The molecule has 2 aliphatic heterocycles. The number of rotatable bonds is 1. The van der Waals surface area contributed by atoms with Crippen molar-refractivity contribution in [3.63, 3.8) is 0 Å². The molecule has 3 aliphatic rings. The van der Waals surface area contributed by atoms with E-state index in [0.29, 0.717) is 12.1 Å². The predicted octanol–water partition coefficient (Wildman–Crippen LogP) is 5.69. The largest absolute Gasteiger partial charge is 0.353 e. The van der Waals surface area contributed by atoms with Gasteiger partial charge in [0.15, 0.2) is 0 Å². The number of pyridine rings is 1. The number of allylic oxidation sites excluding steroid dienone is 2. The second kappa shape index (κ2) is 6.59. The number of benzene rings is 1. The monoisotopic (exact) mass is 369 g/mol. The molecule has 1 N–H and O–H groups in total. The number of aromatic nitrogens is 2. The summed E-state index contributed by atoms with van der Waals surface area (Å²) >= 11 is 0. The van der Waals surface area contributed by atoms with Crippen LogP contribution >= 0.6 is 0 Å². The van der Waals surface area contributed by atoms with E-state index < -0.39 is 0 Å². The zero-order valence-corrected chi connectivity index (χ0v) is 16.3. The van der Waals surface area contributed by atoms with Crippen molar-refractivity contribution >= 4 is 27.4 Å². The zero-order chi connectivity index (χ0) is 18.5. The Morgan fingerprint density at radius 3 is 3.00 bits per heavy atom. The van der Waals surface area contributed by atoms with Crippen molar-refractivity contribution < 1.29 is 0 Å². The van der Waals surface area contributed by atoms with Crippen molar-refractivity contribution in [2.75, 3.05) is 6.54 Å². The van der Waals surface area contributed by atoms with Crippen molar-refractivity contribution in [2.24, 2.45) is 5.92 Å². The summed E-state index contributed by atoms with van der Waals surface area (Å²) in [6.45, 7) is 1.22. The number of H-pyrrole nitrogens is 1. The van der Waals surface area contributed by atoms with Gasteiger partial charge in [0.05, 0.1) is 11.2 Å². The van der Waals surface area contributed by atoms with Crippen LogP contribution in [0, 0.1) is 5.92 Å². The normalized spacial score (nSPS) is 29.1. The van der Waals surface area contributed by atoms with E-state index in [1.54, 1.807) is 0 Å². The molecule has 6 rings (SSSR count). The molecule has 142 valence electrons. The van der Waals surface area contributed by atoms with E-state index >= 15 is 0 Å². The fourth-order valence-corrected chi connectivity index (χ4v) is 5.87. The lowest BCUT2D eigenvalue weighted by Gasteiger charge is -2.35. The molecule has 1 aliphatic carbocycles. The van der Waals surface area contributed by atoms with E-state index in [-0.39, 0.29) is 0 Å². The van der Waals surface area contributed by atoms with Crippen molar-refractivity contribution in [3.05, 3.63) is 60.5 Å². The molecule has 3 heteroatoms. The highest BCUT2D eigenvalue weighted by Gasteiger charge is 2.43. The molecule has 4 heterocycles. The third-order valence-corrected chi connectivity index (χ3v) is 7.09. The van der Waals surface area contributed by atoms with Gasteiger partial charge in [-0.3, -0.25) is 9.88 Å². The van der Waals surface area contributed by atoms with E-state index in [1.165, 1.54) is 78.1 Å². The summed E-state index contributed by atoms with van der Waals surface area (Å²) in [6.07, 6.45) is 17.1. The molecular formula is C25H27N3. The van der Waals surface area contributed by atoms with Gasteiger partial charge in [-0.2, -0.15) is 0 Å². The quantitative estimate of drug-likeness (QED) is 0.559. The minimum absolute atomic E-state index is 0.519. The van der Waals surface area contributed by atoms with Crippen LogP contribution in [0.2, 0.25) is 0 Å². The highest BCUT2D eigenvalue weighted by molar-refractivity contribution is 6.09. The smallest absolute Gasteiger partial charge is 0.0915 e. The minimum atomic E-state index is 0.519. The Hall–Kier alpha value is -2.39. The maximum atomic E-state index is 4.92. The molecule has 3 atom stereocenters. The van der Waals surface area contributed by atoms with Crippen LogP contribution in [0.1, 0.15) is 44.2 Å². The third kappa shape index (κ3) is 2.49. The van der Waals surface area contributed by atoms with Gasteiger partial charge < -0.3 is 4.98 Å². The second-order valence-electron chi connectivity index (χ2n) is 8.66. The maximum Gasteiger partial charge on any atom is 0.0915 e. The molecule has 28 heavy (non-hydrogen) atoms. The van der Waals surface area contributed by atoms with Gasteiger partial charge in [0.25, 0.3) is 0 Å². The van der Waals surface area contributed by atoms with Crippen LogP contribution in [0.4, 0.5) is 0 Å². The third-order valence-electron chi connectivity index (χ3n) is 7.09. The van der Waals surface area contributed by atoms with Crippen LogP contribution in [0.5, 0.6) is 0 Å². The minimum Gasteiger partial charge on any atom is -0.353 e. The summed E-state index contributed by atoms with van der Waals surface area (Å²) in [6, 6.07) is 11.9. The first-order valence-electron chi connectivity index (χ1n) is 10.9. The molecule has 0 radical (unpaired) electrons. The van der Waals surface area contributed by atoms with Crippen LogP contribution in [-0.4, -0.2) is 33.5 Å². The lowest BCUT2D eigenvalue weighted by atomic mass is 9.82. The van der Waals surface area contributed by atoms with Crippen molar-refractivity contribution in [1.29, 1.82) is 0 Å². The van der Waals surface area contributed by atoms with E-state index in [1.807, 2.05) is 6.20 Å². The Bertz CT molecular complexity index is 1090. The molecule has 0 spiro atoms. The molecule has 0 amide bonds. The van der Waals surface area contributed by atoms with E-state index in [0.717, 1.165) is 5.92 Å². The first kappa shape index (κ1) is 16.6. The second-order valence-corrected chi connectivity index (χ2v) is 8.66. The zero-order valence-electron chi connectivity index (χ0n) is 16.3. The molecule has 1 aromatic carbocycles. The van der Waals surface area contributed by atoms with Crippen molar-refractivity contribution in [3.8, 4) is 0 Å². The molecule has 0 unspecified atom stereocenters. The fraction of sp³-hybridized carbons (Fsp3) is 0.400. The number of aromatic amines is 1. The molecule has 0 saturated carbocycles. The van der Waals surface area contributed by atoms with Gasteiger partial charge in [-0.25, -0.2) is 0 Å². The summed E-state index contributed by atoms with van der Waals surface area (Å²) in [7, 11) is 0. The number of fused-ring (bicyclic) bond motifs is 6. The summed E-state index contributed by atoms with van der Waals surface area (Å²) in [5, 5.41) is 2.60. The lowest BCUT2D eigenvalue weighted by molar-refractivity contribution is 0.227.